The Morgan fingerprint density at radius 3 is 1.55 bits per heavy atom. The number of halogens is 1. The molecule has 108 heavy (non-hydrogen) atoms. The molecule has 31 nitrogen and oxygen atoms in total. The SMILES string of the molecule is CC(=O)OCc1nc2c(I)nn(C3CCCCO3)c2nc1N1CCC2(CC1)Oc1ccccc1[C@H]2NC(=O)OC(C)(C)C.CC(C)(C)OC(=O)N[C@@H]1c2ccccc2OC12CCN(c1nc3c(cnn3C3CCCCO3)nc1CO)CC2.N[C@@H]1c2ccccc2OC12CCN(c1nc3[nH]ncc3nc1CO)CC2. The number of alkyl carbamates (subject to hydrolysis) is 2. The average Bonchev–Trinajstić information content (AvgIpc) is 1.62. The molecule has 3 aromatic carbocycles. The molecule has 3 spiro atoms. The molecule has 0 aliphatic carbocycles. The van der Waals surface area contributed by atoms with E-state index in [1.54, 1.807) is 12.4 Å². The second kappa shape index (κ2) is 30.3. The smallest absolute Gasteiger partial charge is 0.408 e. The van der Waals surface area contributed by atoms with Gasteiger partial charge in [0.05, 0.1) is 31.6 Å². The highest BCUT2D eigenvalue weighted by Crippen LogP contribution is 2.52. The van der Waals surface area contributed by atoms with Crippen molar-refractivity contribution in [3.8, 4) is 17.2 Å². The van der Waals surface area contributed by atoms with Gasteiger partial charge in [0.15, 0.2) is 50.6 Å². The number of aromatic amines is 1. The Morgan fingerprint density at radius 1 is 0.583 bits per heavy atom. The van der Waals surface area contributed by atoms with Crippen molar-refractivity contribution in [3.63, 3.8) is 0 Å². The number of amides is 2. The molecule has 0 radical (unpaired) electrons. The van der Waals surface area contributed by atoms with E-state index >= 15 is 0 Å². The van der Waals surface area contributed by atoms with Crippen LogP contribution in [0.5, 0.6) is 17.2 Å². The summed E-state index contributed by atoms with van der Waals surface area (Å²) in [6.07, 6.45) is 12.0. The lowest BCUT2D eigenvalue weighted by Gasteiger charge is -2.42. The number of piperidine rings is 3. The van der Waals surface area contributed by atoms with Crippen LogP contribution in [0.4, 0.5) is 27.0 Å². The Labute approximate surface area is 637 Å². The van der Waals surface area contributed by atoms with Crippen LogP contribution in [-0.2, 0) is 48.3 Å². The van der Waals surface area contributed by atoms with Gasteiger partial charge in [0.2, 0.25) is 0 Å². The number of anilines is 3. The number of hydrogen-bond acceptors (Lipinski definition) is 26. The van der Waals surface area contributed by atoms with Crippen LogP contribution >= 0.6 is 22.6 Å². The minimum Gasteiger partial charge on any atom is -0.485 e. The lowest BCUT2D eigenvalue weighted by molar-refractivity contribution is -0.142. The highest BCUT2D eigenvalue weighted by atomic mass is 127. The minimum atomic E-state index is -0.655. The topological polar surface area (TPSA) is 367 Å². The molecule has 7 N–H and O–H groups in total. The molecule has 6 aromatic heterocycles. The molecule has 5 atom stereocenters. The van der Waals surface area contributed by atoms with E-state index in [0.717, 1.165) is 102 Å². The summed E-state index contributed by atoms with van der Waals surface area (Å²) in [5.74, 6) is 4.03. The lowest BCUT2D eigenvalue weighted by Crippen LogP contribution is -2.54. The zero-order valence-electron chi connectivity index (χ0n) is 61.8. The normalized spacial score (nSPS) is 21.7. The molecule has 2 unspecified atom stereocenters. The summed E-state index contributed by atoms with van der Waals surface area (Å²) < 4.78 is 52.4. The third kappa shape index (κ3) is 15.0. The van der Waals surface area contributed by atoms with Gasteiger partial charge in [-0.3, -0.25) is 9.89 Å². The molecule has 8 aliphatic heterocycles. The van der Waals surface area contributed by atoms with Crippen molar-refractivity contribution in [1.82, 2.24) is 70.3 Å². The zero-order chi connectivity index (χ0) is 75.3. The number of carbonyl (C=O) groups excluding carboxylic acids is 3. The van der Waals surface area contributed by atoms with E-state index in [2.05, 4.69) is 73.2 Å². The van der Waals surface area contributed by atoms with Crippen molar-refractivity contribution in [3.05, 3.63) is 123 Å². The maximum absolute atomic E-state index is 12.9. The molecular weight excluding hydrogens is 1500 g/mol. The van der Waals surface area contributed by atoms with Gasteiger partial charge in [-0.1, -0.05) is 54.6 Å². The van der Waals surface area contributed by atoms with E-state index in [1.807, 2.05) is 124 Å². The predicted molar refractivity (Wildman–Crippen MR) is 405 cm³/mol. The lowest BCUT2D eigenvalue weighted by atomic mass is 9.82. The maximum Gasteiger partial charge on any atom is 0.408 e. The summed E-state index contributed by atoms with van der Waals surface area (Å²) in [7, 11) is 0. The second-order valence-electron chi connectivity index (χ2n) is 30.7. The van der Waals surface area contributed by atoms with Crippen molar-refractivity contribution in [1.29, 1.82) is 0 Å². The average molecular weight is 1590 g/mol. The first-order chi connectivity index (χ1) is 52.0. The number of rotatable bonds is 11. The van der Waals surface area contributed by atoms with Gasteiger partial charge >= 0.3 is 18.2 Å². The first-order valence-electron chi connectivity index (χ1n) is 37.3. The van der Waals surface area contributed by atoms with Gasteiger partial charge in [-0.05, 0) is 121 Å². The Morgan fingerprint density at radius 2 is 1.05 bits per heavy atom. The number of nitrogens with one attached hydrogen (secondary N) is 3. The number of nitrogens with zero attached hydrogens (tertiary/aromatic N) is 14. The Hall–Kier alpha value is -9.35. The van der Waals surface area contributed by atoms with Crippen molar-refractivity contribution in [2.24, 2.45) is 5.73 Å². The molecule has 5 saturated heterocycles. The number of benzene rings is 3. The number of hydrogen-bond donors (Lipinski definition) is 6. The number of carbonyl (C=O) groups is 3. The van der Waals surface area contributed by atoms with Gasteiger partial charge in [-0.15, -0.1) is 0 Å². The Kier molecular flexibility index (Phi) is 20.8. The van der Waals surface area contributed by atoms with Crippen molar-refractivity contribution in [2.75, 3.05) is 67.2 Å². The quantitative estimate of drug-likeness (QED) is 0.0398. The van der Waals surface area contributed by atoms with Gasteiger partial charge in [0.1, 0.15) is 97.6 Å². The molecule has 32 heteroatoms. The van der Waals surface area contributed by atoms with Gasteiger partial charge in [0.25, 0.3) is 0 Å². The number of ether oxygens (including phenoxy) is 8. The highest BCUT2D eigenvalue weighted by molar-refractivity contribution is 14.1. The van der Waals surface area contributed by atoms with Crippen LogP contribution in [0, 0.1) is 3.70 Å². The molecule has 8 aliphatic rings. The van der Waals surface area contributed by atoms with Crippen LogP contribution in [0.3, 0.4) is 0 Å². The summed E-state index contributed by atoms with van der Waals surface area (Å²) in [6.45, 7) is 17.3. The Balaban J connectivity index is 0.000000133. The summed E-state index contributed by atoms with van der Waals surface area (Å²) in [6, 6.07) is 22.8. The van der Waals surface area contributed by atoms with Crippen LogP contribution in [0.15, 0.2) is 85.2 Å². The molecule has 2 amide bonds. The molecular formula is C76H93IN18O13. The van der Waals surface area contributed by atoms with E-state index in [-0.39, 0.29) is 62.0 Å². The molecule has 9 aromatic rings. The van der Waals surface area contributed by atoms with Gasteiger partial charge in [-0.2, -0.15) is 15.3 Å². The third-order valence-corrected chi connectivity index (χ3v) is 22.0. The van der Waals surface area contributed by atoms with Crippen LogP contribution in [-0.4, -0.2) is 169 Å². The number of aromatic nitrogens is 12. The minimum absolute atomic E-state index is 0.00119. The van der Waals surface area contributed by atoms with E-state index in [4.69, 9.17) is 68.7 Å². The number of para-hydroxylation sites is 3. The van der Waals surface area contributed by atoms with Crippen molar-refractivity contribution >= 4 is 91.7 Å². The van der Waals surface area contributed by atoms with Crippen LogP contribution in [0.2, 0.25) is 0 Å². The standard InChI is InChI=1S/C30H37IN6O6.C28H36N6O5.C18H20N6O2/c1-18(38)41-17-20-26(34-27-23(32-20)25(31)35-37(27)22-11-7-8-16-40-22)36-14-12-30(13-15-36)24(33-28(39)43-29(2,3)4)19-9-5-6-10-21(19)42-30;1-27(2,3)39-26(36)31-23-18-8-4-5-9-21(18)38-28(23)11-13-33(14-12-28)24-20(17-35)30-19-16-29-34(25(19)32-24)22-10-6-7-15-37-22;19-15-11-3-1-2-4-14(11)26-18(15)5-7-24(8-6-18)17-13(10-25)21-12-9-20-23-16(12)22-17/h5-6,9-10,22,24H,7-8,11-17H2,1-4H3,(H,33,39);4-5,8-9,16,22-23,35H,6-7,10-15,17H2,1-3H3,(H,31,36);1-4,9,15,25H,5-8,10,19H2,(H,20,22,23)/t22?,24-;22?,23-;15-/m111/s1. The monoisotopic (exact) mass is 1590 g/mol. The molecule has 5 fully saturated rings. The molecule has 14 heterocycles. The maximum atomic E-state index is 12.9. The number of aliphatic hydroxyl groups excluding tert-OH is 2. The third-order valence-electron chi connectivity index (χ3n) is 21.2. The zero-order valence-corrected chi connectivity index (χ0v) is 64.0. The van der Waals surface area contributed by atoms with Gasteiger partial charge in [-0.25, -0.2) is 48.9 Å². The summed E-state index contributed by atoms with van der Waals surface area (Å²) in [5, 5.41) is 42.1. The number of esters is 1. The fraction of sp³-hybridized carbons (Fsp3) is 0.526. The van der Waals surface area contributed by atoms with E-state index in [0.29, 0.717) is 133 Å². The number of fused-ring (bicyclic) bond motifs is 6. The number of nitrogens with two attached hydrogens (primary N) is 1. The van der Waals surface area contributed by atoms with E-state index in [1.165, 1.54) is 6.92 Å². The van der Waals surface area contributed by atoms with Crippen molar-refractivity contribution < 1.29 is 62.5 Å². The molecule has 0 saturated carbocycles. The fourth-order valence-electron chi connectivity index (χ4n) is 16.0. The first kappa shape index (κ1) is 74.1. The van der Waals surface area contributed by atoms with Gasteiger partial charge < -0.3 is 79.2 Å². The van der Waals surface area contributed by atoms with E-state index in [9.17, 15) is 24.6 Å². The Bertz CT molecular complexity index is 4770. The largest absolute Gasteiger partial charge is 0.485 e. The van der Waals surface area contributed by atoms with Crippen molar-refractivity contribution in [2.45, 2.75) is 204 Å². The van der Waals surface area contributed by atoms with Crippen LogP contribution < -0.4 is 45.3 Å². The summed E-state index contributed by atoms with van der Waals surface area (Å²) in [5.41, 5.74) is 12.2. The molecule has 17 rings (SSSR count). The molecule has 572 valence electrons. The first-order valence-corrected chi connectivity index (χ1v) is 38.4. The summed E-state index contributed by atoms with van der Waals surface area (Å²) in [4.78, 5) is 72.7. The summed E-state index contributed by atoms with van der Waals surface area (Å²) >= 11 is 2.17. The van der Waals surface area contributed by atoms with Gasteiger partial charge in [0, 0.05) is 115 Å². The second-order valence-corrected chi connectivity index (χ2v) is 31.8. The molecule has 0 bridgehead atoms. The number of aliphatic hydroxyl groups is 2. The van der Waals surface area contributed by atoms with E-state index < -0.39 is 34.6 Å². The van der Waals surface area contributed by atoms with Crippen LogP contribution in [0.25, 0.3) is 33.5 Å². The van der Waals surface area contributed by atoms with Crippen LogP contribution in [0.1, 0.15) is 190 Å². The fourth-order valence-corrected chi connectivity index (χ4v) is 16.6. The highest BCUT2D eigenvalue weighted by Gasteiger charge is 2.54. The number of H-pyrrole nitrogens is 1. The predicted octanol–water partition coefficient (Wildman–Crippen LogP) is 10.5.